The maximum atomic E-state index is 11.9. The molecule has 0 aromatic heterocycles. The van der Waals surface area contributed by atoms with Crippen LogP contribution in [0.15, 0.2) is 0 Å². The van der Waals surface area contributed by atoms with Gasteiger partial charge in [-0.15, -0.1) is 0 Å². The van der Waals surface area contributed by atoms with Crippen molar-refractivity contribution < 1.29 is 37.8 Å². The average Bonchev–Trinajstić information content (AvgIpc) is 2.54. The van der Waals surface area contributed by atoms with E-state index in [2.05, 4.69) is 0 Å². The zero-order valence-electron chi connectivity index (χ0n) is 16.5. The largest absolute Gasteiger partial charge is 0.269 e. The van der Waals surface area contributed by atoms with Gasteiger partial charge in [-0.25, -0.2) is 0 Å². The minimum absolute atomic E-state index is 0.192. The van der Waals surface area contributed by atoms with E-state index in [0.29, 0.717) is 19.3 Å². The third kappa shape index (κ3) is 11.3. The summed E-state index contributed by atoms with van der Waals surface area (Å²) in [7, 11) is -11.4. The Kier molecular flexibility index (Phi) is 11.5. The Bertz CT molecular complexity index is 627. The molecule has 0 saturated carbocycles. The van der Waals surface area contributed by atoms with Gasteiger partial charge in [0, 0.05) is 5.41 Å². The first-order chi connectivity index (χ1) is 12.4. The molecule has 0 spiro atoms. The monoisotopic (exact) mass is 452 g/mol. The summed E-state index contributed by atoms with van der Waals surface area (Å²) in [5.74, 6) is -0.593. The van der Waals surface area contributed by atoms with Gasteiger partial charge in [-0.3, -0.25) is 12.5 Å². The zero-order chi connectivity index (χ0) is 21.2. The number of rotatable bonds is 16. The molecular weight excluding hydrogens is 420 g/mol. The van der Waals surface area contributed by atoms with Crippen LogP contribution in [0, 0.1) is 5.41 Å². The molecule has 164 valence electrons. The van der Waals surface area contributed by atoms with Crippen molar-refractivity contribution in [2.45, 2.75) is 53.4 Å². The van der Waals surface area contributed by atoms with E-state index in [0.717, 1.165) is 0 Å². The summed E-state index contributed by atoms with van der Waals surface area (Å²) in [6.07, 6.45) is 1.25. The predicted molar refractivity (Wildman–Crippen MR) is 103 cm³/mol. The van der Waals surface area contributed by atoms with Gasteiger partial charge < -0.3 is 0 Å². The van der Waals surface area contributed by atoms with Gasteiger partial charge in [0.2, 0.25) is 0 Å². The molecule has 0 radical (unpaired) electrons. The molecule has 0 aliphatic carbocycles. The van der Waals surface area contributed by atoms with Gasteiger partial charge in [0.25, 0.3) is 30.4 Å². The number of hydrogen-bond donors (Lipinski definition) is 0. The third-order valence-corrected chi connectivity index (χ3v) is 7.90. The van der Waals surface area contributed by atoms with Crippen molar-refractivity contribution in [3.05, 3.63) is 0 Å². The van der Waals surface area contributed by atoms with Gasteiger partial charge in [-0.1, -0.05) is 27.7 Å². The molecule has 0 saturated heterocycles. The van der Waals surface area contributed by atoms with E-state index in [1.807, 2.05) is 0 Å². The van der Waals surface area contributed by atoms with E-state index in [9.17, 15) is 25.3 Å². The maximum Gasteiger partial charge on any atom is 0.267 e. The van der Waals surface area contributed by atoms with Gasteiger partial charge in [0.05, 0.1) is 37.1 Å². The van der Waals surface area contributed by atoms with Gasteiger partial charge in [0.1, 0.15) is 0 Å². The van der Waals surface area contributed by atoms with E-state index in [4.69, 9.17) is 12.5 Å². The molecule has 0 rings (SSSR count). The molecule has 27 heavy (non-hydrogen) atoms. The molecule has 0 bridgehead atoms. The van der Waals surface area contributed by atoms with E-state index in [1.165, 1.54) is 0 Å². The van der Waals surface area contributed by atoms with Crippen LogP contribution in [0.1, 0.15) is 53.4 Å². The fourth-order valence-electron chi connectivity index (χ4n) is 2.00. The van der Waals surface area contributed by atoms with Crippen LogP contribution in [0.25, 0.3) is 0 Å². The fraction of sp³-hybridized carbons (Fsp3) is 1.00. The lowest BCUT2D eigenvalue weighted by molar-refractivity contribution is 0.0364. The van der Waals surface area contributed by atoms with Crippen LogP contribution in [0.2, 0.25) is 0 Å². The molecule has 0 aliphatic rings. The summed E-state index contributed by atoms with van der Waals surface area (Å²) in [6.45, 7) is 5.37. The summed E-state index contributed by atoms with van der Waals surface area (Å²) in [4.78, 5) is 0. The highest BCUT2D eigenvalue weighted by atomic mass is 32.2. The second kappa shape index (κ2) is 11.7. The molecule has 0 heterocycles. The van der Waals surface area contributed by atoms with E-state index >= 15 is 0 Å². The Morgan fingerprint density at radius 2 is 0.815 bits per heavy atom. The molecule has 0 aromatic carbocycles. The van der Waals surface area contributed by atoms with Crippen molar-refractivity contribution >= 4 is 30.4 Å². The van der Waals surface area contributed by atoms with E-state index in [1.54, 1.807) is 27.7 Å². The van der Waals surface area contributed by atoms with Crippen molar-refractivity contribution in [1.29, 1.82) is 0 Å². The summed E-state index contributed by atoms with van der Waals surface area (Å²) < 4.78 is 86.2. The maximum absolute atomic E-state index is 11.9. The van der Waals surface area contributed by atoms with Crippen molar-refractivity contribution in [3.8, 4) is 0 Å². The minimum Gasteiger partial charge on any atom is -0.269 e. The van der Waals surface area contributed by atoms with Crippen LogP contribution in [-0.2, 0) is 42.9 Å². The number of hydrogen-bond acceptors (Lipinski definition) is 9. The minimum atomic E-state index is -3.81. The Hall–Kier alpha value is -0.270. The first kappa shape index (κ1) is 26.7. The van der Waals surface area contributed by atoms with Gasteiger partial charge in [-0.2, -0.15) is 25.3 Å². The van der Waals surface area contributed by atoms with Crippen LogP contribution in [0.4, 0.5) is 0 Å². The van der Waals surface area contributed by atoms with Crippen molar-refractivity contribution in [2.75, 3.05) is 37.1 Å². The lowest BCUT2D eigenvalue weighted by Crippen LogP contribution is -2.39. The topological polar surface area (TPSA) is 130 Å². The summed E-state index contributed by atoms with van der Waals surface area (Å²) >= 11 is 0. The van der Waals surface area contributed by atoms with Crippen molar-refractivity contribution in [3.63, 3.8) is 0 Å². The smallest absolute Gasteiger partial charge is 0.267 e. The third-order valence-electron chi connectivity index (χ3n) is 3.75. The summed E-state index contributed by atoms with van der Waals surface area (Å²) in [6, 6.07) is 0. The molecule has 9 nitrogen and oxygen atoms in total. The highest BCUT2D eigenvalue weighted by Crippen LogP contribution is 2.27. The molecule has 0 fully saturated rings. The second-order valence-corrected chi connectivity index (χ2v) is 11.7. The first-order valence-electron chi connectivity index (χ1n) is 8.97. The standard InChI is InChI=1S/C15H32O9S3/c1-5-9-25(16,17)22-12-15(8-4,13-23-26(18,19)10-6-2)14-24-27(20,21)11-7-3/h5-14H2,1-4H3. The zero-order valence-corrected chi connectivity index (χ0v) is 18.9. The predicted octanol–water partition coefficient (Wildman–Crippen LogP) is 1.65. The SMILES string of the molecule is CCCS(=O)(=O)OCC(CC)(COS(=O)(=O)CCC)COS(=O)(=O)CCC. The Morgan fingerprint density at radius 3 is 1.00 bits per heavy atom. The highest BCUT2D eigenvalue weighted by molar-refractivity contribution is 7.87. The summed E-state index contributed by atoms with van der Waals surface area (Å²) in [5, 5.41) is 0. The lowest BCUT2D eigenvalue weighted by Gasteiger charge is -2.31. The molecule has 0 amide bonds. The van der Waals surface area contributed by atoms with Crippen molar-refractivity contribution in [1.82, 2.24) is 0 Å². The summed E-state index contributed by atoms with van der Waals surface area (Å²) in [5.41, 5.74) is -1.25. The average molecular weight is 453 g/mol. The first-order valence-corrected chi connectivity index (χ1v) is 13.7. The normalized spacial score (nSPS) is 13.8. The highest BCUT2D eigenvalue weighted by Gasteiger charge is 2.35. The van der Waals surface area contributed by atoms with E-state index < -0.39 is 55.6 Å². The van der Waals surface area contributed by atoms with Gasteiger partial charge >= 0.3 is 0 Å². The second-order valence-electron chi connectivity index (χ2n) is 6.43. The molecule has 0 atom stereocenters. The quantitative estimate of drug-likeness (QED) is 0.321. The van der Waals surface area contributed by atoms with Crippen LogP contribution in [0.3, 0.4) is 0 Å². The van der Waals surface area contributed by atoms with Crippen molar-refractivity contribution in [2.24, 2.45) is 5.41 Å². The molecule has 0 N–H and O–H groups in total. The van der Waals surface area contributed by atoms with Crippen LogP contribution >= 0.6 is 0 Å². The molecule has 12 heteroatoms. The van der Waals surface area contributed by atoms with Gasteiger partial charge in [-0.05, 0) is 25.7 Å². The molecular formula is C15H32O9S3. The Morgan fingerprint density at radius 1 is 0.556 bits per heavy atom. The van der Waals surface area contributed by atoms with Crippen LogP contribution in [-0.4, -0.2) is 62.3 Å². The van der Waals surface area contributed by atoms with E-state index in [-0.39, 0.29) is 23.7 Å². The molecule has 0 aliphatic heterocycles. The van der Waals surface area contributed by atoms with Crippen LogP contribution < -0.4 is 0 Å². The van der Waals surface area contributed by atoms with Crippen LogP contribution in [0.5, 0.6) is 0 Å². The molecule has 0 unspecified atom stereocenters. The fourth-order valence-corrected chi connectivity index (χ4v) is 5.14. The molecule has 0 aromatic rings. The lowest BCUT2D eigenvalue weighted by atomic mass is 9.88. The Balaban J connectivity index is 5.41. The Labute approximate surface area is 164 Å². The van der Waals surface area contributed by atoms with Gasteiger partial charge in [0.15, 0.2) is 0 Å².